The summed E-state index contributed by atoms with van der Waals surface area (Å²) < 4.78 is 1.74. The van der Waals surface area contributed by atoms with Crippen LogP contribution in [0.5, 0.6) is 0 Å². The molecule has 1 aromatic carbocycles. The maximum absolute atomic E-state index is 13.2. The van der Waals surface area contributed by atoms with E-state index in [0.29, 0.717) is 11.3 Å². The van der Waals surface area contributed by atoms with Crippen molar-refractivity contribution in [3.63, 3.8) is 0 Å². The van der Waals surface area contributed by atoms with E-state index in [1.165, 1.54) is 28.6 Å². The minimum absolute atomic E-state index is 0.179. The first-order chi connectivity index (χ1) is 16.1. The van der Waals surface area contributed by atoms with Gasteiger partial charge in [-0.05, 0) is 49.9 Å². The summed E-state index contributed by atoms with van der Waals surface area (Å²) in [6, 6.07) is 9.55. The van der Waals surface area contributed by atoms with Crippen LogP contribution in [0.1, 0.15) is 32.9 Å². The van der Waals surface area contributed by atoms with E-state index in [2.05, 4.69) is 25.4 Å². The number of carbonyl (C=O) groups excluding carboxylic acids is 1. The van der Waals surface area contributed by atoms with E-state index in [-0.39, 0.29) is 5.91 Å². The standard InChI is InChI=1S/C24H20N6OS2/c1-13-17-10-14(11-25-21(17)30(2)29-13)28-22(31)16-6-3-4-8-19(16)33-24-20-15-7-5-9-18(15)32-23(20)26-12-27-24/h3-4,6,8,10-12H,5,7,9H2,1-2H3,(H,28,31). The molecule has 0 bridgehead atoms. The minimum Gasteiger partial charge on any atom is -0.321 e. The molecule has 0 spiro atoms. The van der Waals surface area contributed by atoms with Crippen molar-refractivity contribution in [2.24, 2.45) is 7.05 Å². The van der Waals surface area contributed by atoms with Crippen LogP contribution in [-0.2, 0) is 19.9 Å². The van der Waals surface area contributed by atoms with Crippen molar-refractivity contribution >= 4 is 55.9 Å². The van der Waals surface area contributed by atoms with Crippen LogP contribution in [0, 0.1) is 6.92 Å². The van der Waals surface area contributed by atoms with Crippen LogP contribution < -0.4 is 5.32 Å². The molecule has 4 aromatic heterocycles. The summed E-state index contributed by atoms with van der Waals surface area (Å²) in [6.07, 6.45) is 6.66. The molecule has 1 aliphatic rings. The Hall–Kier alpha value is -3.30. The third-order valence-electron chi connectivity index (χ3n) is 5.93. The highest BCUT2D eigenvalue weighted by Crippen LogP contribution is 2.42. The number of hydrogen-bond acceptors (Lipinski definition) is 7. The molecule has 7 nitrogen and oxygen atoms in total. The number of carbonyl (C=O) groups is 1. The van der Waals surface area contributed by atoms with Crippen molar-refractivity contribution in [3.8, 4) is 0 Å². The number of thiophene rings is 1. The number of hydrogen-bond donors (Lipinski definition) is 1. The molecule has 0 atom stereocenters. The number of rotatable bonds is 4. The first-order valence-corrected chi connectivity index (χ1v) is 12.3. The topological polar surface area (TPSA) is 85.6 Å². The lowest BCUT2D eigenvalue weighted by atomic mass is 10.2. The van der Waals surface area contributed by atoms with Gasteiger partial charge < -0.3 is 5.32 Å². The van der Waals surface area contributed by atoms with E-state index in [4.69, 9.17) is 0 Å². The second-order valence-corrected chi connectivity index (χ2v) is 10.2. The number of nitrogens with zero attached hydrogens (tertiary/aromatic N) is 5. The van der Waals surface area contributed by atoms with Gasteiger partial charge in [0.1, 0.15) is 16.2 Å². The maximum atomic E-state index is 13.2. The van der Waals surface area contributed by atoms with Gasteiger partial charge in [-0.1, -0.05) is 23.9 Å². The Labute approximate surface area is 198 Å². The highest BCUT2D eigenvalue weighted by molar-refractivity contribution is 7.99. The highest BCUT2D eigenvalue weighted by Gasteiger charge is 2.22. The quantitative estimate of drug-likeness (QED) is 0.363. The molecule has 0 saturated heterocycles. The van der Waals surface area contributed by atoms with E-state index < -0.39 is 0 Å². The van der Waals surface area contributed by atoms with Crippen LogP contribution in [0.4, 0.5) is 5.69 Å². The average molecular weight is 473 g/mol. The van der Waals surface area contributed by atoms with Crippen molar-refractivity contribution in [1.29, 1.82) is 0 Å². The van der Waals surface area contributed by atoms with Gasteiger partial charge in [0.05, 0.1) is 23.1 Å². The molecule has 9 heteroatoms. The normalized spacial score (nSPS) is 13.0. The zero-order valence-electron chi connectivity index (χ0n) is 18.1. The number of amides is 1. The van der Waals surface area contributed by atoms with E-state index in [1.807, 2.05) is 44.3 Å². The molecule has 0 saturated carbocycles. The summed E-state index contributed by atoms with van der Waals surface area (Å²) in [5.41, 5.74) is 4.29. The molecule has 164 valence electrons. The maximum Gasteiger partial charge on any atom is 0.256 e. The van der Waals surface area contributed by atoms with E-state index in [1.54, 1.807) is 28.5 Å². The van der Waals surface area contributed by atoms with Crippen molar-refractivity contribution < 1.29 is 4.79 Å². The molecule has 0 radical (unpaired) electrons. The van der Waals surface area contributed by atoms with Gasteiger partial charge in [0, 0.05) is 27.6 Å². The zero-order valence-corrected chi connectivity index (χ0v) is 19.8. The molecule has 0 aliphatic heterocycles. The molecule has 0 fully saturated rings. The summed E-state index contributed by atoms with van der Waals surface area (Å²) >= 11 is 3.30. The van der Waals surface area contributed by atoms with Gasteiger partial charge in [0.15, 0.2) is 5.65 Å². The molecule has 4 heterocycles. The third-order valence-corrected chi connectivity index (χ3v) is 8.20. The van der Waals surface area contributed by atoms with Crippen LogP contribution in [0.15, 0.2) is 52.8 Å². The van der Waals surface area contributed by atoms with Gasteiger partial charge >= 0.3 is 0 Å². The Balaban J connectivity index is 1.33. The number of nitrogens with one attached hydrogen (secondary N) is 1. The smallest absolute Gasteiger partial charge is 0.256 e. The second-order valence-electron chi connectivity index (χ2n) is 8.07. The summed E-state index contributed by atoms with van der Waals surface area (Å²) in [6.45, 7) is 1.94. The lowest BCUT2D eigenvalue weighted by Crippen LogP contribution is -2.13. The first kappa shape index (κ1) is 20.3. The summed E-state index contributed by atoms with van der Waals surface area (Å²) in [4.78, 5) is 30.1. The second kappa shape index (κ2) is 7.93. The highest BCUT2D eigenvalue weighted by atomic mass is 32.2. The van der Waals surface area contributed by atoms with E-state index in [0.717, 1.165) is 49.7 Å². The fourth-order valence-electron chi connectivity index (χ4n) is 4.40. The molecule has 33 heavy (non-hydrogen) atoms. The zero-order chi connectivity index (χ0) is 22.5. The van der Waals surface area contributed by atoms with Gasteiger partial charge in [-0.25, -0.2) is 15.0 Å². The van der Waals surface area contributed by atoms with Gasteiger partial charge in [-0.2, -0.15) is 5.10 Å². The molecule has 6 rings (SSSR count). The summed E-state index contributed by atoms with van der Waals surface area (Å²) in [5.74, 6) is -0.179. The Kier molecular flexibility index (Phi) is 4.88. The number of aryl methyl sites for hydroxylation is 4. The summed E-state index contributed by atoms with van der Waals surface area (Å²) in [5, 5.41) is 10.4. The molecular weight excluding hydrogens is 452 g/mol. The van der Waals surface area contributed by atoms with Crippen LogP contribution in [-0.4, -0.2) is 30.6 Å². The first-order valence-electron chi connectivity index (χ1n) is 10.7. The van der Waals surface area contributed by atoms with Crippen molar-refractivity contribution in [3.05, 3.63) is 64.6 Å². The molecule has 1 N–H and O–H groups in total. The fraction of sp³-hybridized carbons (Fsp3) is 0.208. The monoisotopic (exact) mass is 472 g/mol. The minimum atomic E-state index is -0.179. The van der Waals surface area contributed by atoms with Gasteiger partial charge in [0.25, 0.3) is 5.91 Å². The van der Waals surface area contributed by atoms with Gasteiger partial charge in [-0.3, -0.25) is 9.48 Å². The SMILES string of the molecule is Cc1nn(C)c2ncc(NC(=O)c3ccccc3Sc3ncnc4sc5c(c34)CCC5)cc12. The fourth-order valence-corrected chi connectivity index (χ4v) is 6.74. The number of benzene rings is 1. The van der Waals surface area contributed by atoms with Gasteiger partial charge in [-0.15, -0.1) is 11.3 Å². The Bertz CT molecular complexity index is 1550. The molecule has 0 unspecified atom stereocenters. The largest absolute Gasteiger partial charge is 0.321 e. The van der Waals surface area contributed by atoms with Crippen LogP contribution in [0.3, 0.4) is 0 Å². The van der Waals surface area contributed by atoms with Crippen LogP contribution >= 0.6 is 23.1 Å². The average Bonchev–Trinajstić information content (AvgIpc) is 3.48. The van der Waals surface area contributed by atoms with E-state index >= 15 is 0 Å². The lowest BCUT2D eigenvalue weighted by Gasteiger charge is -2.10. The summed E-state index contributed by atoms with van der Waals surface area (Å²) in [7, 11) is 1.86. The number of pyridine rings is 1. The third kappa shape index (κ3) is 3.48. The molecule has 1 aliphatic carbocycles. The molecule has 1 amide bonds. The van der Waals surface area contributed by atoms with Crippen LogP contribution in [0.25, 0.3) is 21.3 Å². The predicted molar refractivity (Wildman–Crippen MR) is 131 cm³/mol. The van der Waals surface area contributed by atoms with Crippen molar-refractivity contribution in [2.75, 3.05) is 5.32 Å². The lowest BCUT2D eigenvalue weighted by molar-refractivity contribution is 0.102. The number of fused-ring (bicyclic) bond motifs is 4. The van der Waals surface area contributed by atoms with Crippen LogP contribution in [0.2, 0.25) is 0 Å². The van der Waals surface area contributed by atoms with Gasteiger partial charge in [0.2, 0.25) is 0 Å². The number of anilines is 1. The Morgan fingerprint density at radius 1 is 1.18 bits per heavy atom. The molecule has 5 aromatic rings. The number of aromatic nitrogens is 5. The Morgan fingerprint density at radius 3 is 2.97 bits per heavy atom. The van der Waals surface area contributed by atoms with Crippen molar-refractivity contribution in [2.45, 2.75) is 36.1 Å². The van der Waals surface area contributed by atoms with Crippen molar-refractivity contribution in [1.82, 2.24) is 24.7 Å². The Morgan fingerprint density at radius 2 is 2.06 bits per heavy atom. The molecular formula is C24H20N6OS2. The van der Waals surface area contributed by atoms with E-state index in [9.17, 15) is 4.79 Å². The predicted octanol–water partition coefficient (Wildman–Crippen LogP) is 5.17.